The molecule has 140 valence electrons. The molecule has 1 amide bonds. The van der Waals surface area contributed by atoms with E-state index in [1.165, 1.54) is 18.2 Å². The van der Waals surface area contributed by atoms with Crippen molar-refractivity contribution in [2.45, 2.75) is 19.6 Å². The summed E-state index contributed by atoms with van der Waals surface area (Å²) < 4.78 is 35.5. The second-order valence-corrected chi connectivity index (χ2v) is 5.77. The number of aromatic hydroxyl groups is 1. The standard InChI is InChI=1S/C17H19F2N3O4/c18-17(19)26-15-2-1-12(11-14(15)23)13-3-5-22(20-13)6-4-16(24)21-7-9-25-10-8-21/h1-3,5,11,17,23H,4,6-10H2. The summed E-state index contributed by atoms with van der Waals surface area (Å²) in [5.41, 5.74) is 1.12. The van der Waals surface area contributed by atoms with Gasteiger partial charge < -0.3 is 19.5 Å². The SMILES string of the molecule is O=C(CCn1ccc(-c2ccc(OC(F)F)c(O)c2)n1)N1CCOCC1. The van der Waals surface area contributed by atoms with Crippen LogP contribution < -0.4 is 4.74 Å². The van der Waals surface area contributed by atoms with Crippen LogP contribution in [-0.4, -0.2) is 58.6 Å². The summed E-state index contributed by atoms with van der Waals surface area (Å²) in [5, 5.41) is 14.1. The molecular weight excluding hydrogens is 348 g/mol. The van der Waals surface area contributed by atoms with E-state index >= 15 is 0 Å². The molecule has 2 heterocycles. The van der Waals surface area contributed by atoms with Crippen LogP contribution in [-0.2, 0) is 16.1 Å². The Kier molecular flexibility index (Phi) is 5.67. The van der Waals surface area contributed by atoms with Gasteiger partial charge in [0.05, 0.1) is 18.9 Å². The molecule has 1 aliphatic rings. The zero-order chi connectivity index (χ0) is 18.5. The highest BCUT2D eigenvalue weighted by Crippen LogP contribution is 2.31. The number of halogens is 2. The van der Waals surface area contributed by atoms with E-state index < -0.39 is 6.61 Å². The third kappa shape index (κ3) is 4.48. The number of hydrogen-bond acceptors (Lipinski definition) is 5. The lowest BCUT2D eigenvalue weighted by atomic mass is 10.1. The first-order chi connectivity index (χ1) is 12.5. The van der Waals surface area contributed by atoms with Crippen LogP contribution in [0.1, 0.15) is 6.42 Å². The maximum Gasteiger partial charge on any atom is 0.387 e. The molecule has 7 nitrogen and oxygen atoms in total. The predicted octanol–water partition coefficient (Wildman–Crippen LogP) is 2.11. The Labute approximate surface area is 148 Å². The molecule has 1 aliphatic heterocycles. The minimum absolute atomic E-state index is 0.0523. The Hall–Kier alpha value is -2.68. The number of phenolic OH excluding ortho intramolecular Hbond substituents is 1. The molecule has 0 saturated carbocycles. The summed E-state index contributed by atoms with van der Waals surface area (Å²) in [6, 6.07) is 5.83. The molecule has 9 heteroatoms. The smallest absolute Gasteiger partial charge is 0.387 e. The normalized spacial score (nSPS) is 14.7. The molecule has 0 aliphatic carbocycles. The van der Waals surface area contributed by atoms with Crippen molar-refractivity contribution < 1.29 is 28.2 Å². The number of carbonyl (C=O) groups is 1. The third-order valence-corrected chi connectivity index (χ3v) is 4.03. The average molecular weight is 367 g/mol. The molecule has 0 radical (unpaired) electrons. The van der Waals surface area contributed by atoms with Gasteiger partial charge in [-0.05, 0) is 24.3 Å². The highest BCUT2D eigenvalue weighted by Gasteiger charge is 2.17. The highest BCUT2D eigenvalue weighted by atomic mass is 19.3. The lowest BCUT2D eigenvalue weighted by molar-refractivity contribution is -0.135. The van der Waals surface area contributed by atoms with E-state index in [0.29, 0.717) is 50.5 Å². The molecule has 0 atom stereocenters. The van der Waals surface area contributed by atoms with Crippen LogP contribution >= 0.6 is 0 Å². The Morgan fingerprint density at radius 2 is 2.08 bits per heavy atom. The van der Waals surface area contributed by atoms with Crippen LogP contribution in [0.25, 0.3) is 11.3 Å². The summed E-state index contributed by atoms with van der Waals surface area (Å²) >= 11 is 0. The minimum atomic E-state index is -3.00. The number of ether oxygens (including phenoxy) is 2. The Morgan fingerprint density at radius 3 is 2.77 bits per heavy atom. The number of nitrogens with zero attached hydrogens (tertiary/aromatic N) is 3. The van der Waals surface area contributed by atoms with E-state index in [9.17, 15) is 18.7 Å². The number of hydrogen-bond donors (Lipinski definition) is 1. The number of phenols is 1. The zero-order valence-corrected chi connectivity index (χ0v) is 14.0. The first-order valence-electron chi connectivity index (χ1n) is 8.20. The number of aromatic nitrogens is 2. The monoisotopic (exact) mass is 367 g/mol. The van der Waals surface area contributed by atoms with Gasteiger partial charge in [-0.3, -0.25) is 9.48 Å². The first kappa shape index (κ1) is 18.1. The lowest BCUT2D eigenvalue weighted by Gasteiger charge is -2.26. The van der Waals surface area contributed by atoms with Crippen LogP contribution in [0, 0.1) is 0 Å². The van der Waals surface area contributed by atoms with E-state index in [1.54, 1.807) is 21.8 Å². The Morgan fingerprint density at radius 1 is 1.31 bits per heavy atom. The molecular formula is C17H19F2N3O4. The number of aryl methyl sites for hydroxylation is 1. The van der Waals surface area contributed by atoms with Crippen molar-refractivity contribution >= 4 is 5.91 Å². The summed E-state index contributed by atoms with van der Waals surface area (Å²) in [4.78, 5) is 13.9. The van der Waals surface area contributed by atoms with Crippen molar-refractivity contribution in [2.75, 3.05) is 26.3 Å². The molecule has 1 aromatic carbocycles. The lowest BCUT2D eigenvalue weighted by Crippen LogP contribution is -2.40. The minimum Gasteiger partial charge on any atom is -0.504 e. The van der Waals surface area contributed by atoms with Crippen LogP contribution in [0.3, 0.4) is 0 Å². The number of alkyl halides is 2. The summed E-state index contributed by atoms with van der Waals surface area (Å²) in [6.45, 7) is -0.242. The highest BCUT2D eigenvalue weighted by molar-refractivity contribution is 5.76. The van der Waals surface area contributed by atoms with Crippen LogP contribution in [0.4, 0.5) is 8.78 Å². The fraction of sp³-hybridized carbons (Fsp3) is 0.412. The number of benzene rings is 1. The van der Waals surface area contributed by atoms with E-state index in [2.05, 4.69) is 9.84 Å². The van der Waals surface area contributed by atoms with Gasteiger partial charge in [-0.1, -0.05) is 0 Å². The molecule has 26 heavy (non-hydrogen) atoms. The summed E-state index contributed by atoms with van der Waals surface area (Å²) in [5.74, 6) is -0.629. The topological polar surface area (TPSA) is 76.8 Å². The summed E-state index contributed by atoms with van der Waals surface area (Å²) in [7, 11) is 0. The van der Waals surface area contributed by atoms with Gasteiger partial charge in [-0.2, -0.15) is 13.9 Å². The molecule has 0 spiro atoms. The fourth-order valence-electron chi connectivity index (χ4n) is 2.69. The van der Waals surface area contributed by atoms with Crippen molar-refractivity contribution in [1.29, 1.82) is 0 Å². The molecule has 1 aromatic heterocycles. The largest absolute Gasteiger partial charge is 0.504 e. The van der Waals surface area contributed by atoms with Crippen LogP contribution in [0.5, 0.6) is 11.5 Å². The van der Waals surface area contributed by atoms with E-state index in [-0.39, 0.29) is 17.4 Å². The van der Waals surface area contributed by atoms with Gasteiger partial charge >= 0.3 is 6.61 Å². The van der Waals surface area contributed by atoms with Gasteiger partial charge in [0.25, 0.3) is 0 Å². The quantitative estimate of drug-likeness (QED) is 0.846. The van der Waals surface area contributed by atoms with Gasteiger partial charge in [0, 0.05) is 37.8 Å². The number of rotatable bonds is 6. The maximum atomic E-state index is 12.2. The van der Waals surface area contributed by atoms with Crippen molar-refractivity contribution in [3.05, 3.63) is 30.5 Å². The maximum absolute atomic E-state index is 12.2. The number of morpholine rings is 1. The van der Waals surface area contributed by atoms with Crippen LogP contribution in [0.2, 0.25) is 0 Å². The van der Waals surface area contributed by atoms with Crippen molar-refractivity contribution in [1.82, 2.24) is 14.7 Å². The summed E-state index contributed by atoms with van der Waals surface area (Å²) in [6.07, 6.45) is 2.05. The molecule has 0 bridgehead atoms. The first-order valence-corrected chi connectivity index (χ1v) is 8.20. The Balaban J connectivity index is 1.60. The van der Waals surface area contributed by atoms with Gasteiger partial charge in [0.1, 0.15) is 0 Å². The van der Waals surface area contributed by atoms with Crippen molar-refractivity contribution in [3.63, 3.8) is 0 Å². The number of carbonyl (C=O) groups excluding carboxylic acids is 1. The second kappa shape index (κ2) is 8.13. The van der Waals surface area contributed by atoms with Crippen molar-refractivity contribution in [2.24, 2.45) is 0 Å². The molecule has 1 N–H and O–H groups in total. The van der Waals surface area contributed by atoms with Crippen LogP contribution in [0.15, 0.2) is 30.5 Å². The molecule has 0 unspecified atom stereocenters. The van der Waals surface area contributed by atoms with E-state index in [4.69, 9.17) is 4.74 Å². The van der Waals surface area contributed by atoms with Crippen molar-refractivity contribution in [3.8, 4) is 22.8 Å². The average Bonchev–Trinajstić information content (AvgIpc) is 3.11. The van der Waals surface area contributed by atoms with Gasteiger partial charge in [0.2, 0.25) is 5.91 Å². The van der Waals surface area contributed by atoms with E-state index in [1.807, 2.05) is 0 Å². The second-order valence-electron chi connectivity index (χ2n) is 5.77. The molecule has 2 aromatic rings. The predicted molar refractivity (Wildman–Crippen MR) is 88.0 cm³/mol. The third-order valence-electron chi connectivity index (χ3n) is 4.03. The number of amides is 1. The fourth-order valence-corrected chi connectivity index (χ4v) is 2.69. The van der Waals surface area contributed by atoms with E-state index in [0.717, 1.165) is 0 Å². The molecule has 3 rings (SSSR count). The molecule has 1 saturated heterocycles. The Bertz CT molecular complexity index is 760. The van der Waals surface area contributed by atoms with Gasteiger partial charge in [0.15, 0.2) is 11.5 Å². The van der Waals surface area contributed by atoms with Gasteiger partial charge in [-0.15, -0.1) is 0 Å². The zero-order valence-electron chi connectivity index (χ0n) is 14.0. The molecule has 1 fully saturated rings. The van der Waals surface area contributed by atoms with Gasteiger partial charge in [-0.25, -0.2) is 0 Å².